The monoisotopic (exact) mass is 282 g/mol. The van der Waals surface area contributed by atoms with E-state index < -0.39 is 11.4 Å². The molecule has 0 aromatic heterocycles. The Hall–Kier alpha value is -1.10. The van der Waals surface area contributed by atoms with Crippen molar-refractivity contribution in [3.63, 3.8) is 0 Å². The number of nitrogens with zero attached hydrogens (tertiary/aromatic N) is 1. The zero-order chi connectivity index (χ0) is 14.9. The van der Waals surface area contributed by atoms with Gasteiger partial charge in [0.15, 0.2) is 0 Å². The lowest BCUT2D eigenvalue weighted by molar-refractivity contribution is -0.149. The molecule has 0 aromatic rings. The van der Waals surface area contributed by atoms with E-state index in [0.717, 1.165) is 12.8 Å². The maximum atomic E-state index is 12.0. The van der Waals surface area contributed by atoms with E-state index in [4.69, 9.17) is 5.11 Å². The van der Waals surface area contributed by atoms with E-state index in [1.165, 1.54) is 19.3 Å². The van der Waals surface area contributed by atoms with Gasteiger partial charge in [0.05, 0.1) is 5.41 Å². The molecule has 2 saturated heterocycles. The molecule has 0 spiro atoms. The van der Waals surface area contributed by atoms with Gasteiger partial charge in [0.1, 0.15) is 0 Å². The summed E-state index contributed by atoms with van der Waals surface area (Å²) in [6.07, 6.45) is 5.73. The number of hydrogen-bond acceptors (Lipinski definition) is 3. The van der Waals surface area contributed by atoms with Crippen molar-refractivity contribution in [3.8, 4) is 0 Å². The van der Waals surface area contributed by atoms with E-state index in [0.29, 0.717) is 12.1 Å². The van der Waals surface area contributed by atoms with Gasteiger partial charge in [0.25, 0.3) is 0 Å². The molecule has 1 amide bonds. The molecule has 0 saturated carbocycles. The number of carbonyl (C=O) groups is 2. The van der Waals surface area contributed by atoms with Gasteiger partial charge in [-0.15, -0.1) is 0 Å². The predicted molar refractivity (Wildman–Crippen MR) is 76.4 cm³/mol. The van der Waals surface area contributed by atoms with Crippen LogP contribution >= 0.6 is 0 Å². The van der Waals surface area contributed by atoms with Crippen molar-refractivity contribution in [1.29, 1.82) is 0 Å². The average Bonchev–Trinajstić information content (AvgIpc) is 2.29. The van der Waals surface area contributed by atoms with E-state index in [2.05, 4.69) is 17.3 Å². The number of amides is 1. The molecule has 2 bridgehead atoms. The number of fused-ring (bicyclic) bond motifs is 2. The number of piperidine rings is 2. The first-order valence-corrected chi connectivity index (χ1v) is 7.54. The lowest BCUT2D eigenvalue weighted by Crippen LogP contribution is -2.55. The summed E-state index contributed by atoms with van der Waals surface area (Å²) >= 11 is 0. The lowest BCUT2D eigenvalue weighted by atomic mass is 9.82. The Bertz CT molecular complexity index is 381. The molecular formula is C15H26N2O3. The Labute approximate surface area is 120 Å². The highest BCUT2D eigenvalue weighted by Crippen LogP contribution is 2.32. The Kier molecular flexibility index (Phi) is 4.37. The number of nitrogens with one attached hydrogen (secondary N) is 1. The highest BCUT2D eigenvalue weighted by Gasteiger charge is 2.37. The maximum absolute atomic E-state index is 12.0. The molecule has 20 heavy (non-hydrogen) atoms. The zero-order valence-electron chi connectivity index (χ0n) is 12.7. The van der Waals surface area contributed by atoms with Gasteiger partial charge >= 0.3 is 5.97 Å². The van der Waals surface area contributed by atoms with Crippen molar-refractivity contribution in [1.82, 2.24) is 10.2 Å². The summed E-state index contributed by atoms with van der Waals surface area (Å²) in [5.74, 6) is -1.06. The van der Waals surface area contributed by atoms with E-state index in [1.54, 1.807) is 13.8 Å². The van der Waals surface area contributed by atoms with Crippen LogP contribution in [0.15, 0.2) is 0 Å². The van der Waals surface area contributed by atoms with Crippen LogP contribution in [0, 0.1) is 5.41 Å². The second kappa shape index (κ2) is 5.72. The van der Waals surface area contributed by atoms with Crippen LogP contribution in [-0.4, -0.2) is 47.1 Å². The number of carbonyl (C=O) groups excluding carboxylic acids is 1. The summed E-state index contributed by atoms with van der Waals surface area (Å²) in [7, 11) is 2.18. The Morgan fingerprint density at radius 2 is 1.80 bits per heavy atom. The molecule has 0 aromatic carbocycles. The summed E-state index contributed by atoms with van der Waals surface area (Å²) in [6, 6.07) is 1.35. The second-order valence-electron chi connectivity index (χ2n) is 7.01. The number of aliphatic carboxylic acids is 1. The van der Waals surface area contributed by atoms with Gasteiger partial charge in [-0.2, -0.15) is 0 Å². The van der Waals surface area contributed by atoms with Gasteiger partial charge < -0.3 is 15.3 Å². The molecule has 0 radical (unpaired) electrons. The van der Waals surface area contributed by atoms with Gasteiger partial charge in [-0.1, -0.05) is 6.42 Å². The average molecular weight is 282 g/mol. The molecular weight excluding hydrogens is 256 g/mol. The summed E-state index contributed by atoms with van der Waals surface area (Å²) in [5.41, 5.74) is -0.995. The van der Waals surface area contributed by atoms with Crippen LogP contribution in [0.4, 0.5) is 0 Å². The fourth-order valence-electron chi connectivity index (χ4n) is 3.49. The van der Waals surface area contributed by atoms with E-state index in [-0.39, 0.29) is 18.4 Å². The molecule has 2 heterocycles. The van der Waals surface area contributed by atoms with Gasteiger partial charge in [0, 0.05) is 24.5 Å². The number of carboxylic acid groups (broad SMARTS) is 1. The Morgan fingerprint density at radius 1 is 1.25 bits per heavy atom. The van der Waals surface area contributed by atoms with E-state index in [9.17, 15) is 9.59 Å². The molecule has 2 aliphatic heterocycles. The van der Waals surface area contributed by atoms with Gasteiger partial charge in [-0.05, 0) is 46.6 Å². The summed E-state index contributed by atoms with van der Waals surface area (Å²) < 4.78 is 0. The maximum Gasteiger partial charge on any atom is 0.309 e. The van der Waals surface area contributed by atoms with Crippen LogP contribution < -0.4 is 5.32 Å². The number of rotatable bonds is 4. The molecule has 114 valence electrons. The summed E-state index contributed by atoms with van der Waals surface area (Å²) in [4.78, 5) is 25.6. The first kappa shape index (κ1) is 15.3. The minimum atomic E-state index is -0.995. The van der Waals surface area contributed by atoms with Crippen molar-refractivity contribution < 1.29 is 14.7 Å². The highest BCUT2D eigenvalue weighted by molar-refractivity contribution is 5.84. The highest BCUT2D eigenvalue weighted by atomic mass is 16.4. The zero-order valence-corrected chi connectivity index (χ0v) is 12.7. The molecule has 2 rings (SSSR count). The lowest BCUT2D eigenvalue weighted by Gasteiger charge is -2.47. The normalized spacial score (nSPS) is 30.9. The minimum absolute atomic E-state index is 0.0456. The third-order valence-corrected chi connectivity index (χ3v) is 4.89. The van der Waals surface area contributed by atoms with Crippen molar-refractivity contribution in [2.75, 3.05) is 7.05 Å². The van der Waals surface area contributed by atoms with Crippen molar-refractivity contribution in [2.45, 2.75) is 70.5 Å². The molecule has 0 aliphatic carbocycles. The van der Waals surface area contributed by atoms with Crippen LogP contribution in [0.25, 0.3) is 0 Å². The molecule has 2 N–H and O–H groups in total. The van der Waals surface area contributed by atoms with Gasteiger partial charge in [0.2, 0.25) is 5.91 Å². The van der Waals surface area contributed by atoms with Crippen molar-refractivity contribution in [3.05, 3.63) is 0 Å². The van der Waals surface area contributed by atoms with Crippen LogP contribution in [0.3, 0.4) is 0 Å². The second-order valence-corrected chi connectivity index (χ2v) is 7.01. The molecule has 2 fully saturated rings. The van der Waals surface area contributed by atoms with Crippen molar-refractivity contribution >= 4 is 11.9 Å². The SMILES string of the molecule is CN1C2CCCC1CC(NC(=O)CC(C)(C)C(=O)O)C2. The van der Waals surface area contributed by atoms with E-state index in [1.807, 2.05) is 0 Å². The van der Waals surface area contributed by atoms with Gasteiger partial charge in [-0.3, -0.25) is 9.59 Å². The third kappa shape index (κ3) is 3.32. The topological polar surface area (TPSA) is 69.6 Å². The smallest absolute Gasteiger partial charge is 0.309 e. The Balaban J connectivity index is 1.88. The molecule has 2 atom stereocenters. The van der Waals surface area contributed by atoms with Crippen LogP contribution in [0.1, 0.15) is 52.4 Å². The fourth-order valence-corrected chi connectivity index (χ4v) is 3.49. The fraction of sp³-hybridized carbons (Fsp3) is 0.867. The standard InChI is InChI=1S/C15H26N2O3/c1-15(2,14(19)20)9-13(18)16-10-7-11-5-4-6-12(8-10)17(11)3/h10-12H,4-9H2,1-3H3,(H,16,18)(H,19,20). The molecule has 5 heteroatoms. The first-order valence-electron chi connectivity index (χ1n) is 7.54. The minimum Gasteiger partial charge on any atom is -0.481 e. The first-order chi connectivity index (χ1) is 9.29. The largest absolute Gasteiger partial charge is 0.481 e. The number of carboxylic acids is 1. The van der Waals surface area contributed by atoms with Gasteiger partial charge in [-0.25, -0.2) is 0 Å². The molecule has 5 nitrogen and oxygen atoms in total. The number of hydrogen-bond donors (Lipinski definition) is 2. The Morgan fingerprint density at radius 3 is 2.30 bits per heavy atom. The van der Waals surface area contributed by atoms with Crippen LogP contribution in [0.2, 0.25) is 0 Å². The third-order valence-electron chi connectivity index (χ3n) is 4.89. The summed E-state index contributed by atoms with van der Waals surface area (Å²) in [5, 5.41) is 12.1. The molecule has 2 unspecified atom stereocenters. The predicted octanol–water partition coefficient (Wildman–Crippen LogP) is 1.62. The molecule has 2 aliphatic rings. The summed E-state index contributed by atoms with van der Waals surface area (Å²) in [6.45, 7) is 3.19. The van der Waals surface area contributed by atoms with Crippen molar-refractivity contribution in [2.24, 2.45) is 5.41 Å². The van der Waals surface area contributed by atoms with E-state index >= 15 is 0 Å². The van der Waals surface area contributed by atoms with Crippen LogP contribution in [0.5, 0.6) is 0 Å². The quantitative estimate of drug-likeness (QED) is 0.822. The van der Waals surface area contributed by atoms with Crippen LogP contribution in [-0.2, 0) is 9.59 Å².